The van der Waals surface area contributed by atoms with Crippen LogP contribution in [0.2, 0.25) is 0 Å². The van der Waals surface area contributed by atoms with Crippen LogP contribution in [0, 0.1) is 0 Å². The number of sulfone groups is 1. The number of allylic oxidation sites excluding steroid dienone is 1. The second kappa shape index (κ2) is 10.4. The first kappa shape index (κ1) is 22.2. The molecule has 0 aromatic heterocycles. The van der Waals surface area contributed by atoms with Crippen LogP contribution >= 0.6 is 25.5 Å². The Hall–Kier alpha value is -0.120. The van der Waals surface area contributed by atoms with Gasteiger partial charge in [0, 0.05) is 0 Å². The van der Waals surface area contributed by atoms with E-state index in [9.17, 15) is 8.42 Å². The molecule has 0 atom stereocenters. The molecule has 0 radical (unpaired) electrons. The molecule has 0 saturated carbocycles. The summed E-state index contributed by atoms with van der Waals surface area (Å²) in [5.41, 5.74) is 0. The first-order chi connectivity index (χ1) is 12.4. The van der Waals surface area contributed by atoms with Gasteiger partial charge in [0.2, 0.25) is 0 Å². The molecule has 26 heavy (non-hydrogen) atoms. The molecule has 0 fully saturated rings. The van der Waals surface area contributed by atoms with Gasteiger partial charge in [-0.1, -0.05) is 0 Å². The van der Waals surface area contributed by atoms with E-state index in [2.05, 4.69) is 44.6 Å². The fraction of sp³-hybridized carbons (Fsp3) is 0.300. The molecule has 0 amide bonds. The van der Waals surface area contributed by atoms with E-state index in [1.807, 2.05) is 24.3 Å². The van der Waals surface area contributed by atoms with Gasteiger partial charge in [-0.05, 0) is 0 Å². The molecule has 0 bridgehead atoms. The average Bonchev–Trinajstić information content (AvgIpc) is 2.65. The van der Waals surface area contributed by atoms with Gasteiger partial charge in [-0.3, -0.25) is 0 Å². The van der Waals surface area contributed by atoms with Crippen LogP contribution in [0.25, 0.3) is 0 Å². The third-order valence-corrected chi connectivity index (χ3v) is 21.9. The predicted octanol–water partition coefficient (Wildman–Crippen LogP) is 5.99. The summed E-state index contributed by atoms with van der Waals surface area (Å²) < 4.78 is 28.0. The summed E-state index contributed by atoms with van der Waals surface area (Å²) in [7, 11) is -3.47. The Morgan fingerprint density at radius 2 is 1.50 bits per heavy atom. The van der Waals surface area contributed by atoms with Crippen LogP contribution in [0.15, 0.2) is 74.6 Å². The summed E-state index contributed by atoms with van der Waals surface area (Å²) in [6, 6.07) is 18.8. The van der Waals surface area contributed by atoms with E-state index in [-0.39, 0.29) is 0 Å². The monoisotopic (exact) mass is 616 g/mol. The summed E-state index contributed by atoms with van der Waals surface area (Å²) in [5, 5.41) is 1.51. The molecule has 0 aliphatic heterocycles. The van der Waals surface area contributed by atoms with Crippen LogP contribution in [0.5, 0.6) is 0 Å². The Morgan fingerprint density at radius 1 is 0.923 bits per heavy atom. The minimum atomic E-state index is -3.47. The van der Waals surface area contributed by atoms with E-state index < -0.39 is 23.6 Å². The molecule has 0 N–H and O–H groups in total. The van der Waals surface area contributed by atoms with Crippen LogP contribution in [0.3, 0.4) is 0 Å². The van der Waals surface area contributed by atoms with Gasteiger partial charge >= 0.3 is 175 Å². The van der Waals surface area contributed by atoms with Crippen molar-refractivity contribution in [1.29, 1.82) is 0 Å². The van der Waals surface area contributed by atoms with Crippen LogP contribution < -0.4 is 3.61 Å². The first-order valence-corrected chi connectivity index (χ1v) is 23.0. The van der Waals surface area contributed by atoms with Crippen molar-refractivity contribution in [3.63, 3.8) is 0 Å². The molecule has 0 spiro atoms. The quantitative estimate of drug-likeness (QED) is 0.257. The normalized spacial score (nSPS) is 13.6. The molecule has 0 heterocycles. The van der Waals surface area contributed by atoms with Crippen LogP contribution in [0.4, 0.5) is 0 Å². The Labute approximate surface area is 173 Å². The molecular weight excluding hydrogens is 592 g/mol. The summed E-state index contributed by atoms with van der Waals surface area (Å²) >= 11 is 4.82. The van der Waals surface area contributed by atoms with Crippen LogP contribution in [-0.4, -0.2) is 22.2 Å². The summed E-state index contributed by atoms with van der Waals surface area (Å²) in [5.74, 6) is 0. The number of benzene rings is 2. The van der Waals surface area contributed by atoms with E-state index in [0.717, 1.165) is 29.3 Å². The van der Waals surface area contributed by atoms with Crippen LogP contribution in [-0.2, 0) is 9.84 Å². The number of rotatable bonds is 9. The van der Waals surface area contributed by atoms with Gasteiger partial charge < -0.3 is 0 Å². The average molecular weight is 616 g/mol. The Kier molecular flexibility index (Phi) is 8.90. The molecular formula is C20H24Br2O2STe. The Morgan fingerprint density at radius 3 is 2.08 bits per heavy atom. The maximum atomic E-state index is 12.9. The van der Waals surface area contributed by atoms with Crippen molar-refractivity contribution >= 4 is 52.7 Å². The zero-order valence-electron chi connectivity index (χ0n) is 14.8. The molecule has 0 aliphatic rings. The third kappa shape index (κ3) is 6.21. The molecule has 0 aliphatic carbocycles. The number of unbranched alkanes of at least 4 members (excludes halogenated alkanes) is 3. The van der Waals surface area contributed by atoms with Crippen molar-refractivity contribution in [3.8, 4) is 0 Å². The second-order valence-corrected chi connectivity index (χ2v) is 32.2. The summed E-state index contributed by atoms with van der Waals surface area (Å²) in [4.78, 5) is 0.345. The molecule has 2 nitrogen and oxygen atoms in total. The van der Waals surface area contributed by atoms with Crippen molar-refractivity contribution in [2.75, 3.05) is 0 Å². The number of hydrogen-bond acceptors (Lipinski definition) is 2. The summed E-state index contributed by atoms with van der Waals surface area (Å²) in [6.07, 6.45) is 5.25. The van der Waals surface area contributed by atoms with Gasteiger partial charge in [-0.2, -0.15) is 0 Å². The van der Waals surface area contributed by atoms with Crippen molar-refractivity contribution < 1.29 is 8.42 Å². The van der Waals surface area contributed by atoms with E-state index >= 15 is 0 Å². The van der Waals surface area contributed by atoms with Gasteiger partial charge in [-0.25, -0.2) is 0 Å². The fourth-order valence-electron chi connectivity index (χ4n) is 2.57. The predicted molar refractivity (Wildman–Crippen MR) is 120 cm³/mol. The molecule has 2 rings (SSSR count). The number of hydrogen-bond donors (Lipinski definition) is 0. The fourth-order valence-corrected chi connectivity index (χ4v) is 17.5. The van der Waals surface area contributed by atoms with Gasteiger partial charge in [-0.15, -0.1) is 0 Å². The molecule has 0 unspecified atom stereocenters. The van der Waals surface area contributed by atoms with Crippen molar-refractivity contribution in [2.24, 2.45) is 0 Å². The molecule has 2 aromatic rings. The Balaban J connectivity index is 2.40. The van der Waals surface area contributed by atoms with Gasteiger partial charge in [0.05, 0.1) is 0 Å². The maximum absolute atomic E-state index is 12.9. The minimum absolute atomic E-state index is 0.345. The van der Waals surface area contributed by atoms with Gasteiger partial charge in [0.15, 0.2) is 0 Å². The summed E-state index contributed by atoms with van der Waals surface area (Å²) in [6.45, 7) is 2.18. The molecule has 0 saturated heterocycles. The van der Waals surface area contributed by atoms with Crippen molar-refractivity contribution in [2.45, 2.75) is 43.9 Å². The van der Waals surface area contributed by atoms with Crippen LogP contribution in [0.1, 0.15) is 39.0 Å². The zero-order valence-corrected chi connectivity index (χ0v) is 21.1. The van der Waals surface area contributed by atoms with Gasteiger partial charge in [0.1, 0.15) is 0 Å². The first-order valence-electron chi connectivity index (χ1n) is 8.66. The van der Waals surface area contributed by atoms with E-state index in [1.165, 1.54) is 15.4 Å². The second-order valence-electron chi connectivity index (χ2n) is 6.03. The van der Waals surface area contributed by atoms with E-state index in [4.69, 9.17) is 0 Å². The van der Waals surface area contributed by atoms with E-state index in [1.54, 1.807) is 24.3 Å². The number of halogens is 2. The standard InChI is InChI=1S/C20H24Br2O2STe/c1-2-3-4-9-16-20(26(21,22)19-14-10-6-11-15-19)17-25(23,24)18-12-7-5-8-13-18/h5-8,10-15,17H,2-4,9,16H2,1H3/b20-17+. The SMILES string of the molecule is CCCCCC/C(=C\S(=O)(=O)c1ccccc1)[Te](Br)(Br)c1ccccc1. The van der Waals surface area contributed by atoms with Gasteiger partial charge in [0.25, 0.3) is 0 Å². The topological polar surface area (TPSA) is 34.1 Å². The zero-order chi connectivity index (χ0) is 19.0. The third-order valence-electron chi connectivity index (χ3n) is 4.00. The van der Waals surface area contributed by atoms with Crippen molar-refractivity contribution in [3.05, 3.63) is 69.7 Å². The van der Waals surface area contributed by atoms with Crippen molar-refractivity contribution in [1.82, 2.24) is 0 Å². The Bertz CT molecular complexity index is 819. The molecule has 6 heteroatoms. The van der Waals surface area contributed by atoms with E-state index in [0.29, 0.717) is 4.90 Å². The molecule has 2 aromatic carbocycles. The molecule has 142 valence electrons.